The Labute approximate surface area is 141 Å². The number of aliphatic carboxylic acids is 1. The molecule has 0 heterocycles. The Bertz CT molecular complexity index is 710. The second kappa shape index (κ2) is 8.99. The molecule has 0 aliphatic carbocycles. The highest BCUT2D eigenvalue weighted by molar-refractivity contribution is 7.89. The number of carboxylic acid groups (broad SMARTS) is 1. The molecule has 0 aliphatic heterocycles. The Morgan fingerprint density at radius 2 is 1.79 bits per heavy atom. The van der Waals surface area contributed by atoms with Gasteiger partial charge in [0, 0.05) is 12.1 Å². The van der Waals surface area contributed by atoms with E-state index >= 15 is 0 Å². The van der Waals surface area contributed by atoms with E-state index in [9.17, 15) is 18.0 Å². The molecule has 1 aromatic carbocycles. The molecule has 8 heteroatoms. The van der Waals surface area contributed by atoms with Crippen molar-refractivity contribution in [3.05, 3.63) is 55.1 Å². The molecule has 0 radical (unpaired) electrons. The van der Waals surface area contributed by atoms with Crippen molar-refractivity contribution in [2.24, 2.45) is 0 Å². The highest BCUT2D eigenvalue weighted by Crippen LogP contribution is 2.11. The predicted octanol–water partition coefficient (Wildman–Crippen LogP) is 1.30. The molecule has 0 aliphatic rings. The fourth-order valence-corrected chi connectivity index (χ4v) is 2.82. The molecule has 0 bridgehead atoms. The van der Waals surface area contributed by atoms with Crippen LogP contribution < -0.4 is 10.0 Å². The minimum absolute atomic E-state index is 0.00217. The maximum atomic E-state index is 12.1. The molecule has 1 amide bonds. The number of nitrogens with one attached hydrogen (secondary N) is 2. The fourth-order valence-electron chi connectivity index (χ4n) is 1.82. The molecule has 0 spiro atoms. The molecular formula is C16H20N2O5S. The maximum Gasteiger partial charge on any atom is 0.326 e. The van der Waals surface area contributed by atoms with Gasteiger partial charge in [0.1, 0.15) is 6.04 Å². The molecule has 0 aromatic heterocycles. The van der Waals surface area contributed by atoms with Crippen molar-refractivity contribution in [3.8, 4) is 0 Å². The summed E-state index contributed by atoms with van der Waals surface area (Å²) in [5.74, 6) is -1.73. The minimum atomic E-state index is -3.67. The summed E-state index contributed by atoms with van der Waals surface area (Å²) in [6, 6.07) is 4.17. The van der Waals surface area contributed by atoms with Crippen molar-refractivity contribution >= 4 is 21.9 Å². The molecular weight excluding hydrogens is 332 g/mol. The van der Waals surface area contributed by atoms with Crippen LogP contribution in [0.5, 0.6) is 0 Å². The first-order chi connectivity index (χ1) is 11.3. The van der Waals surface area contributed by atoms with Gasteiger partial charge in [-0.05, 0) is 37.1 Å². The first kappa shape index (κ1) is 19.6. The van der Waals surface area contributed by atoms with Crippen LogP contribution in [-0.4, -0.2) is 38.0 Å². The average Bonchev–Trinajstić information content (AvgIpc) is 2.56. The van der Waals surface area contributed by atoms with E-state index in [1.165, 1.54) is 30.3 Å². The Morgan fingerprint density at radius 1 is 1.17 bits per heavy atom. The van der Waals surface area contributed by atoms with E-state index in [4.69, 9.17) is 5.11 Å². The highest BCUT2D eigenvalue weighted by Gasteiger charge is 2.20. The maximum absolute atomic E-state index is 12.1. The lowest BCUT2D eigenvalue weighted by molar-refractivity contribution is -0.139. The normalized spacial score (nSPS) is 12.2. The van der Waals surface area contributed by atoms with E-state index in [0.29, 0.717) is 6.42 Å². The molecule has 3 N–H and O–H groups in total. The van der Waals surface area contributed by atoms with Crippen molar-refractivity contribution < 1.29 is 23.1 Å². The Hall–Kier alpha value is -2.45. The van der Waals surface area contributed by atoms with Crippen molar-refractivity contribution in [1.82, 2.24) is 10.0 Å². The van der Waals surface area contributed by atoms with Gasteiger partial charge in [-0.25, -0.2) is 17.9 Å². The van der Waals surface area contributed by atoms with Crippen molar-refractivity contribution in [3.63, 3.8) is 0 Å². The molecule has 7 nitrogen and oxygen atoms in total. The lowest BCUT2D eigenvalue weighted by Gasteiger charge is -2.13. The van der Waals surface area contributed by atoms with Gasteiger partial charge >= 0.3 is 5.97 Å². The van der Waals surface area contributed by atoms with Crippen LogP contribution >= 0.6 is 0 Å². The number of carbonyl (C=O) groups is 2. The monoisotopic (exact) mass is 352 g/mol. The molecule has 1 aromatic rings. The third-order valence-corrected chi connectivity index (χ3v) is 4.55. The van der Waals surface area contributed by atoms with Crippen LogP contribution in [0.25, 0.3) is 0 Å². The molecule has 1 unspecified atom stereocenters. The van der Waals surface area contributed by atoms with Crippen LogP contribution in [0.3, 0.4) is 0 Å². The first-order valence-corrected chi connectivity index (χ1v) is 8.65. The number of sulfonamides is 1. The summed E-state index contributed by atoms with van der Waals surface area (Å²) < 4.78 is 26.1. The number of carbonyl (C=O) groups excluding carboxylic acids is 1. The SMILES string of the molecule is C=CCCC(NC(=O)c1ccc(S(=O)(=O)NCC=C)cc1)C(=O)O. The lowest BCUT2D eigenvalue weighted by Crippen LogP contribution is -2.40. The van der Waals surface area contributed by atoms with E-state index in [1.807, 2.05) is 0 Å². The zero-order chi connectivity index (χ0) is 18.2. The number of amides is 1. The van der Waals surface area contributed by atoms with Crippen molar-refractivity contribution in [1.29, 1.82) is 0 Å². The fraction of sp³-hybridized carbons (Fsp3) is 0.250. The molecule has 0 saturated carbocycles. The average molecular weight is 352 g/mol. The third-order valence-electron chi connectivity index (χ3n) is 3.11. The number of benzene rings is 1. The van der Waals surface area contributed by atoms with Gasteiger partial charge < -0.3 is 10.4 Å². The van der Waals surface area contributed by atoms with Gasteiger partial charge in [0.15, 0.2) is 0 Å². The summed E-state index contributed by atoms with van der Waals surface area (Å²) in [7, 11) is -3.67. The van der Waals surface area contributed by atoms with Gasteiger partial charge in [-0.1, -0.05) is 12.2 Å². The van der Waals surface area contributed by atoms with Gasteiger partial charge in [-0.2, -0.15) is 0 Å². The Kier molecular flexibility index (Phi) is 7.34. The van der Waals surface area contributed by atoms with Gasteiger partial charge in [-0.3, -0.25) is 4.79 Å². The summed E-state index contributed by atoms with van der Waals surface area (Å²) >= 11 is 0. The first-order valence-electron chi connectivity index (χ1n) is 7.17. The zero-order valence-electron chi connectivity index (χ0n) is 13.1. The topological polar surface area (TPSA) is 113 Å². The second-order valence-electron chi connectivity index (χ2n) is 4.90. The molecule has 1 rings (SSSR count). The quantitative estimate of drug-likeness (QED) is 0.549. The standard InChI is InChI=1S/C16H20N2O5S/c1-3-5-6-14(16(20)21)18-15(19)12-7-9-13(10-8-12)24(22,23)17-11-4-2/h3-4,7-10,14,17H,1-2,5-6,11H2,(H,18,19)(H,20,21). The molecule has 0 fully saturated rings. The van der Waals surface area contributed by atoms with Crippen LogP contribution in [0, 0.1) is 0 Å². The molecule has 130 valence electrons. The Morgan fingerprint density at radius 3 is 2.29 bits per heavy atom. The third kappa shape index (κ3) is 5.64. The van der Waals surface area contributed by atoms with Gasteiger partial charge in [0.2, 0.25) is 10.0 Å². The van der Waals surface area contributed by atoms with Gasteiger partial charge in [0.05, 0.1) is 4.90 Å². The minimum Gasteiger partial charge on any atom is -0.480 e. The van der Waals surface area contributed by atoms with E-state index < -0.39 is 27.9 Å². The van der Waals surface area contributed by atoms with E-state index in [2.05, 4.69) is 23.2 Å². The number of hydrogen-bond acceptors (Lipinski definition) is 4. The number of allylic oxidation sites excluding steroid dienone is 1. The number of rotatable bonds is 10. The molecule has 1 atom stereocenters. The van der Waals surface area contributed by atoms with E-state index in [0.717, 1.165) is 0 Å². The predicted molar refractivity (Wildman–Crippen MR) is 90.1 cm³/mol. The molecule has 24 heavy (non-hydrogen) atoms. The smallest absolute Gasteiger partial charge is 0.326 e. The zero-order valence-corrected chi connectivity index (χ0v) is 13.9. The lowest BCUT2D eigenvalue weighted by atomic mass is 10.1. The van der Waals surface area contributed by atoms with Crippen molar-refractivity contribution in [2.45, 2.75) is 23.8 Å². The van der Waals surface area contributed by atoms with Crippen LogP contribution in [0.1, 0.15) is 23.2 Å². The van der Waals surface area contributed by atoms with Crippen LogP contribution in [-0.2, 0) is 14.8 Å². The number of carboxylic acids is 1. The molecule has 0 saturated heterocycles. The summed E-state index contributed by atoms with van der Waals surface area (Å²) in [5.41, 5.74) is 0.169. The van der Waals surface area contributed by atoms with E-state index in [-0.39, 0.29) is 23.4 Å². The summed E-state index contributed by atoms with van der Waals surface area (Å²) in [6.07, 6.45) is 3.65. The van der Waals surface area contributed by atoms with Gasteiger partial charge in [-0.15, -0.1) is 13.2 Å². The summed E-state index contributed by atoms with van der Waals surface area (Å²) in [4.78, 5) is 23.2. The van der Waals surface area contributed by atoms with E-state index in [1.54, 1.807) is 6.08 Å². The van der Waals surface area contributed by atoms with Gasteiger partial charge in [0.25, 0.3) is 5.91 Å². The second-order valence-corrected chi connectivity index (χ2v) is 6.66. The largest absolute Gasteiger partial charge is 0.480 e. The highest BCUT2D eigenvalue weighted by atomic mass is 32.2. The van der Waals surface area contributed by atoms with Crippen molar-refractivity contribution in [2.75, 3.05) is 6.54 Å². The summed E-state index contributed by atoms with van der Waals surface area (Å²) in [5, 5.41) is 11.5. The van der Waals surface area contributed by atoms with Crippen LogP contribution in [0.4, 0.5) is 0 Å². The van der Waals surface area contributed by atoms with Crippen LogP contribution in [0.15, 0.2) is 54.5 Å². The summed E-state index contributed by atoms with van der Waals surface area (Å²) in [6.45, 7) is 7.02. The Balaban J connectivity index is 2.84. The number of hydrogen-bond donors (Lipinski definition) is 3. The van der Waals surface area contributed by atoms with Crippen LogP contribution in [0.2, 0.25) is 0 Å².